The molecule has 1 aromatic carbocycles. The van der Waals surface area contributed by atoms with Crippen LogP contribution in [0, 0.1) is 5.82 Å². The highest BCUT2D eigenvalue weighted by molar-refractivity contribution is 9.10. The van der Waals surface area contributed by atoms with Crippen molar-refractivity contribution in [3.05, 3.63) is 58.2 Å². The molecule has 18 heavy (non-hydrogen) atoms. The number of carbonyl (C=O) groups is 1. The molecule has 0 spiro atoms. The Morgan fingerprint density at radius 2 is 2.17 bits per heavy atom. The molecule has 0 unspecified atom stereocenters. The molecular weight excluding hydrogens is 301 g/mol. The Morgan fingerprint density at radius 3 is 2.78 bits per heavy atom. The van der Waals surface area contributed by atoms with Gasteiger partial charge in [0.25, 0.3) is 5.91 Å². The van der Waals surface area contributed by atoms with E-state index in [0.29, 0.717) is 11.2 Å². The third-order valence-corrected chi connectivity index (χ3v) is 2.87. The van der Waals surface area contributed by atoms with Crippen molar-refractivity contribution in [2.24, 2.45) is 0 Å². The molecule has 94 valence electrons. The van der Waals surface area contributed by atoms with Crippen LogP contribution in [0.25, 0.3) is 0 Å². The molecule has 0 fully saturated rings. The van der Waals surface area contributed by atoms with Crippen LogP contribution in [0.5, 0.6) is 0 Å². The van der Waals surface area contributed by atoms with Crippen molar-refractivity contribution in [2.45, 2.75) is 6.54 Å². The monoisotopic (exact) mass is 311 g/mol. The predicted molar refractivity (Wildman–Crippen MR) is 68.6 cm³/mol. The molecule has 0 N–H and O–H groups in total. The summed E-state index contributed by atoms with van der Waals surface area (Å²) in [6.07, 6.45) is 0. The first-order valence-electron chi connectivity index (χ1n) is 5.31. The van der Waals surface area contributed by atoms with E-state index in [0.717, 1.165) is 5.56 Å². The Balaban J connectivity index is 2.08. The van der Waals surface area contributed by atoms with Crippen LogP contribution < -0.4 is 0 Å². The molecule has 3 nitrogen and oxygen atoms in total. The van der Waals surface area contributed by atoms with Gasteiger partial charge in [0.05, 0.1) is 0 Å². The van der Waals surface area contributed by atoms with Gasteiger partial charge >= 0.3 is 0 Å². The zero-order chi connectivity index (χ0) is 13.1. The van der Waals surface area contributed by atoms with Crippen molar-refractivity contribution in [3.8, 4) is 0 Å². The largest absolute Gasteiger partial charge is 0.444 e. The highest BCUT2D eigenvalue weighted by atomic mass is 79.9. The zero-order valence-corrected chi connectivity index (χ0v) is 11.3. The summed E-state index contributed by atoms with van der Waals surface area (Å²) in [6, 6.07) is 9.41. The van der Waals surface area contributed by atoms with Crippen LogP contribution in [-0.2, 0) is 6.54 Å². The first kappa shape index (κ1) is 12.8. The molecular formula is C13H11BrFNO2. The van der Waals surface area contributed by atoms with Gasteiger partial charge in [-0.2, -0.15) is 0 Å². The highest BCUT2D eigenvalue weighted by Crippen LogP contribution is 2.16. The average Bonchev–Trinajstić information content (AvgIpc) is 2.75. The molecule has 0 aliphatic carbocycles. The molecule has 1 heterocycles. The van der Waals surface area contributed by atoms with Crippen LogP contribution in [-0.4, -0.2) is 17.9 Å². The van der Waals surface area contributed by atoms with E-state index in [4.69, 9.17) is 4.42 Å². The smallest absolute Gasteiger partial charge is 0.289 e. The highest BCUT2D eigenvalue weighted by Gasteiger charge is 2.15. The van der Waals surface area contributed by atoms with Gasteiger partial charge in [0.1, 0.15) is 5.82 Å². The van der Waals surface area contributed by atoms with Gasteiger partial charge in [0, 0.05) is 13.6 Å². The number of furan rings is 1. The lowest BCUT2D eigenvalue weighted by Gasteiger charge is -2.15. The van der Waals surface area contributed by atoms with Gasteiger partial charge in [-0.25, -0.2) is 4.39 Å². The summed E-state index contributed by atoms with van der Waals surface area (Å²) < 4.78 is 18.7. The van der Waals surface area contributed by atoms with Crippen LogP contribution >= 0.6 is 15.9 Å². The van der Waals surface area contributed by atoms with E-state index in [2.05, 4.69) is 15.9 Å². The number of hydrogen-bond donors (Lipinski definition) is 0. The summed E-state index contributed by atoms with van der Waals surface area (Å²) in [6.45, 7) is 0.328. The van der Waals surface area contributed by atoms with Crippen LogP contribution in [0.2, 0.25) is 0 Å². The predicted octanol–water partition coefficient (Wildman–Crippen LogP) is 3.45. The summed E-state index contributed by atoms with van der Waals surface area (Å²) in [7, 11) is 1.64. The van der Waals surface area contributed by atoms with E-state index in [9.17, 15) is 9.18 Å². The van der Waals surface area contributed by atoms with Gasteiger partial charge in [-0.1, -0.05) is 12.1 Å². The number of hydrogen-bond acceptors (Lipinski definition) is 2. The minimum atomic E-state index is -0.311. The molecule has 5 heteroatoms. The quantitative estimate of drug-likeness (QED) is 0.870. The number of carbonyl (C=O) groups excluding carboxylic acids is 1. The molecule has 0 radical (unpaired) electrons. The summed E-state index contributed by atoms with van der Waals surface area (Å²) in [5.41, 5.74) is 0.733. The van der Waals surface area contributed by atoms with E-state index < -0.39 is 0 Å². The second-order valence-corrected chi connectivity index (χ2v) is 4.68. The SMILES string of the molecule is CN(Cc1cccc(F)c1)C(=O)c1ccc(Br)o1. The lowest BCUT2D eigenvalue weighted by Crippen LogP contribution is -2.25. The van der Waals surface area contributed by atoms with Crippen LogP contribution in [0.3, 0.4) is 0 Å². The average molecular weight is 312 g/mol. The van der Waals surface area contributed by atoms with E-state index in [1.807, 2.05) is 0 Å². The molecule has 0 saturated heterocycles. The summed E-state index contributed by atoms with van der Waals surface area (Å²) >= 11 is 3.14. The number of benzene rings is 1. The van der Waals surface area contributed by atoms with Gasteiger partial charge in [0.15, 0.2) is 10.4 Å². The van der Waals surface area contributed by atoms with E-state index in [1.54, 1.807) is 31.3 Å². The number of nitrogens with zero attached hydrogens (tertiary/aromatic N) is 1. The minimum absolute atomic E-state index is 0.245. The van der Waals surface area contributed by atoms with Gasteiger partial charge in [-0.3, -0.25) is 4.79 Å². The third kappa shape index (κ3) is 2.98. The maximum absolute atomic E-state index is 13.0. The Bertz CT molecular complexity index is 568. The Labute approximate surface area is 112 Å². The second kappa shape index (κ2) is 5.35. The van der Waals surface area contributed by atoms with Crippen molar-refractivity contribution in [2.75, 3.05) is 7.05 Å². The van der Waals surface area contributed by atoms with Crippen LogP contribution in [0.4, 0.5) is 4.39 Å². The maximum atomic E-state index is 13.0. The first-order chi connectivity index (χ1) is 8.56. The Kier molecular flexibility index (Phi) is 3.81. The molecule has 1 amide bonds. The molecule has 0 atom stereocenters. The standard InChI is InChI=1S/C13H11BrFNO2/c1-16(8-9-3-2-4-10(15)7-9)13(17)11-5-6-12(14)18-11/h2-7H,8H2,1H3. The summed E-state index contributed by atoms with van der Waals surface area (Å²) in [4.78, 5) is 13.4. The molecule has 0 bridgehead atoms. The van der Waals surface area contributed by atoms with Crippen molar-refractivity contribution in [1.29, 1.82) is 0 Å². The lowest BCUT2D eigenvalue weighted by molar-refractivity contribution is 0.0752. The lowest BCUT2D eigenvalue weighted by atomic mass is 10.2. The van der Waals surface area contributed by atoms with Crippen molar-refractivity contribution in [1.82, 2.24) is 4.90 Å². The Morgan fingerprint density at radius 1 is 1.39 bits per heavy atom. The second-order valence-electron chi connectivity index (χ2n) is 3.89. The maximum Gasteiger partial charge on any atom is 0.289 e. The Hall–Kier alpha value is -1.62. The minimum Gasteiger partial charge on any atom is -0.444 e. The first-order valence-corrected chi connectivity index (χ1v) is 6.11. The van der Waals surface area contributed by atoms with E-state index >= 15 is 0 Å². The van der Waals surface area contributed by atoms with Gasteiger partial charge in [-0.05, 0) is 45.8 Å². The number of rotatable bonds is 3. The third-order valence-electron chi connectivity index (χ3n) is 2.44. The number of amides is 1. The fourth-order valence-corrected chi connectivity index (χ4v) is 1.90. The fourth-order valence-electron chi connectivity index (χ4n) is 1.60. The normalized spacial score (nSPS) is 10.4. The number of halogens is 2. The van der Waals surface area contributed by atoms with Gasteiger partial charge in [0.2, 0.25) is 0 Å². The fraction of sp³-hybridized carbons (Fsp3) is 0.154. The van der Waals surface area contributed by atoms with E-state index in [1.165, 1.54) is 17.0 Å². The summed E-state index contributed by atoms with van der Waals surface area (Å²) in [5, 5.41) is 0. The van der Waals surface area contributed by atoms with Crippen LogP contribution in [0.1, 0.15) is 16.1 Å². The molecule has 2 rings (SSSR count). The van der Waals surface area contributed by atoms with Crippen molar-refractivity contribution >= 4 is 21.8 Å². The molecule has 1 aromatic heterocycles. The van der Waals surface area contributed by atoms with Crippen LogP contribution in [0.15, 0.2) is 45.5 Å². The van der Waals surface area contributed by atoms with Crippen molar-refractivity contribution < 1.29 is 13.6 Å². The zero-order valence-electron chi connectivity index (χ0n) is 9.69. The molecule has 0 saturated carbocycles. The van der Waals surface area contributed by atoms with Gasteiger partial charge < -0.3 is 9.32 Å². The topological polar surface area (TPSA) is 33.5 Å². The van der Waals surface area contributed by atoms with Crippen molar-refractivity contribution in [3.63, 3.8) is 0 Å². The molecule has 0 aliphatic rings. The van der Waals surface area contributed by atoms with E-state index in [-0.39, 0.29) is 17.5 Å². The molecule has 0 aliphatic heterocycles. The summed E-state index contributed by atoms with van der Waals surface area (Å²) in [5.74, 6) is -0.306. The van der Waals surface area contributed by atoms with Gasteiger partial charge in [-0.15, -0.1) is 0 Å². The molecule has 2 aromatic rings.